The van der Waals surface area contributed by atoms with Crippen LogP contribution in [0.1, 0.15) is 18.9 Å². The van der Waals surface area contributed by atoms with E-state index in [0.717, 1.165) is 12.1 Å². The Morgan fingerprint density at radius 3 is 2.74 bits per heavy atom. The van der Waals surface area contributed by atoms with E-state index >= 15 is 0 Å². The van der Waals surface area contributed by atoms with Crippen LogP contribution in [-0.2, 0) is 20.7 Å². The summed E-state index contributed by atoms with van der Waals surface area (Å²) in [4.78, 5) is 25.3. The molecule has 1 aliphatic rings. The third kappa shape index (κ3) is 4.41. The number of anilines is 1. The molecule has 2 N–H and O–H groups in total. The highest BCUT2D eigenvalue weighted by Crippen LogP contribution is 2.15. The fourth-order valence-corrected chi connectivity index (χ4v) is 2.76. The molecule has 7 heteroatoms. The number of benzene rings is 1. The third-order valence-corrected chi connectivity index (χ3v) is 4.13. The summed E-state index contributed by atoms with van der Waals surface area (Å²) in [6, 6.07) is 7.31. The zero-order valence-electron chi connectivity index (χ0n) is 13.3. The van der Waals surface area contributed by atoms with E-state index in [1.807, 2.05) is 24.3 Å². The second kappa shape index (κ2) is 7.92. The first-order valence-electron chi connectivity index (χ1n) is 7.56. The number of methoxy groups -OCH3 is 1. The van der Waals surface area contributed by atoms with Crippen molar-refractivity contribution >= 4 is 34.9 Å². The number of piperazine rings is 1. The summed E-state index contributed by atoms with van der Waals surface area (Å²) < 4.78 is 4.66. The zero-order chi connectivity index (χ0) is 16.8. The average molecular weight is 335 g/mol. The zero-order valence-corrected chi connectivity index (χ0v) is 14.1. The molecular weight excluding hydrogens is 314 g/mol. The summed E-state index contributed by atoms with van der Waals surface area (Å²) in [6.07, 6.45) is 0.942. The third-order valence-electron chi connectivity index (χ3n) is 3.79. The number of ether oxygens (including phenoxy) is 1. The minimum atomic E-state index is -0.647. The minimum Gasteiger partial charge on any atom is -0.469 e. The van der Waals surface area contributed by atoms with Gasteiger partial charge in [-0.15, -0.1) is 0 Å². The number of nitrogens with zero attached hydrogens (tertiary/aromatic N) is 1. The van der Waals surface area contributed by atoms with Crippen molar-refractivity contribution in [3.8, 4) is 0 Å². The molecule has 1 amide bonds. The van der Waals surface area contributed by atoms with Crippen molar-refractivity contribution in [1.82, 2.24) is 10.2 Å². The topological polar surface area (TPSA) is 70.7 Å². The van der Waals surface area contributed by atoms with Crippen molar-refractivity contribution < 1.29 is 14.3 Å². The standard InChI is InChI=1S/C16H21N3O3S/c1-3-11-4-6-12(7-5-11)18-16(23)19-9-8-17-15(21)13(19)10-14(20)22-2/h4-7,13H,3,8-10H2,1-2H3,(H,17,21)(H,18,23)/t13-/m0/s1. The lowest BCUT2D eigenvalue weighted by Gasteiger charge is -2.36. The van der Waals surface area contributed by atoms with Gasteiger partial charge in [0.1, 0.15) is 6.04 Å². The number of aryl methyl sites for hydroxylation is 1. The molecule has 0 aliphatic carbocycles. The van der Waals surface area contributed by atoms with Gasteiger partial charge in [-0.25, -0.2) is 0 Å². The normalized spacial score (nSPS) is 17.4. The lowest BCUT2D eigenvalue weighted by molar-refractivity contribution is -0.144. The highest BCUT2D eigenvalue weighted by atomic mass is 32.1. The van der Waals surface area contributed by atoms with Gasteiger partial charge in [-0.05, 0) is 36.3 Å². The molecule has 0 saturated carbocycles. The van der Waals surface area contributed by atoms with Crippen LogP contribution in [0.4, 0.5) is 5.69 Å². The van der Waals surface area contributed by atoms with Crippen LogP contribution in [0.15, 0.2) is 24.3 Å². The Bertz CT molecular complexity index is 589. The molecule has 1 saturated heterocycles. The molecule has 6 nitrogen and oxygen atoms in total. The fraction of sp³-hybridized carbons (Fsp3) is 0.438. The molecular formula is C16H21N3O3S. The summed E-state index contributed by atoms with van der Waals surface area (Å²) in [6.45, 7) is 3.14. The van der Waals surface area contributed by atoms with E-state index < -0.39 is 12.0 Å². The number of nitrogens with one attached hydrogen (secondary N) is 2. The van der Waals surface area contributed by atoms with Crippen LogP contribution in [0.5, 0.6) is 0 Å². The number of thiocarbonyl (C=S) groups is 1. The molecule has 0 unspecified atom stereocenters. The Labute approximate surface area is 141 Å². The second-order valence-electron chi connectivity index (χ2n) is 5.26. The summed E-state index contributed by atoms with van der Waals surface area (Å²) in [5.41, 5.74) is 2.09. The number of hydrogen-bond donors (Lipinski definition) is 2. The van der Waals surface area contributed by atoms with Gasteiger partial charge >= 0.3 is 5.97 Å². The maximum atomic E-state index is 12.0. The van der Waals surface area contributed by atoms with Crippen LogP contribution in [0.25, 0.3) is 0 Å². The Hall–Kier alpha value is -2.15. The first kappa shape index (κ1) is 17.2. The molecule has 1 fully saturated rings. The molecule has 1 heterocycles. The van der Waals surface area contributed by atoms with E-state index in [1.54, 1.807) is 4.90 Å². The van der Waals surface area contributed by atoms with Crippen molar-refractivity contribution in [1.29, 1.82) is 0 Å². The number of esters is 1. The van der Waals surface area contributed by atoms with Crippen molar-refractivity contribution in [2.24, 2.45) is 0 Å². The predicted molar refractivity (Wildman–Crippen MR) is 92.2 cm³/mol. The second-order valence-corrected chi connectivity index (χ2v) is 5.65. The highest BCUT2D eigenvalue weighted by Gasteiger charge is 2.33. The van der Waals surface area contributed by atoms with Crippen molar-refractivity contribution in [3.05, 3.63) is 29.8 Å². The predicted octanol–water partition coefficient (Wildman–Crippen LogP) is 1.31. The average Bonchev–Trinajstić information content (AvgIpc) is 2.57. The highest BCUT2D eigenvalue weighted by molar-refractivity contribution is 7.80. The van der Waals surface area contributed by atoms with Gasteiger partial charge in [0.15, 0.2) is 5.11 Å². The lowest BCUT2D eigenvalue weighted by Crippen LogP contribution is -2.58. The minimum absolute atomic E-state index is 0.0288. The van der Waals surface area contributed by atoms with Crippen LogP contribution in [0, 0.1) is 0 Å². The van der Waals surface area contributed by atoms with Crippen LogP contribution in [0.3, 0.4) is 0 Å². The SMILES string of the molecule is CCc1ccc(NC(=S)N2CCNC(=O)[C@@H]2CC(=O)OC)cc1. The molecule has 23 heavy (non-hydrogen) atoms. The molecule has 1 atom stereocenters. The van der Waals surface area contributed by atoms with Gasteiger partial charge < -0.3 is 20.3 Å². The largest absolute Gasteiger partial charge is 0.469 e. The van der Waals surface area contributed by atoms with Crippen molar-refractivity contribution in [2.75, 3.05) is 25.5 Å². The van der Waals surface area contributed by atoms with E-state index in [1.165, 1.54) is 12.7 Å². The molecule has 0 aromatic heterocycles. The van der Waals surface area contributed by atoms with Gasteiger partial charge in [-0.1, -0.05) is 19.1 Å². The van der Waals surface area contributed by atoms with Crippen molar-refractivity contribution in [3.63, 3.8) is 0 Å². The van der Waals surface area contributed by atoms with Crippen LogP contribution < -0.4 is 10.6 Å². The van der Waals surface area contributed by atoms with Crippen LogP contribution >= 0.6 is 12.2 Å². The molecule has 0 spiro atoms. The quantitative estimate of drug-likeness (QED) is 0.639. The molecule has 1 aromatic rings. The summed E-state index contributed by atoms with van der Waals surface area (Å²) >= 11 is 5.42. The summed E-state index contributed by atoms with van der Waals surface area (Å²) in [5, 5.41) is 6.31. The van der Waals surface area contributed by atoms with Gasteiger partial charge in [0, 0.05) is 18.8 Å². The smallest absolute Gasteiger partial charge is 0.308 e. The molecule has 1 aromatic carbocycles. The Morgan fingerprint density at radius 1 is 1.43 bits per heavy atom. The van der Waals surface area contributed by atoms with Gasteiger partial charge in [0.05, 0.1) is 13.5 Å². The van der Waals surface area contributed by atoms with E-state index in [2.05, 4.69) is 22.3 Å². The monoisotopic (exact) mass is 335 g/mol. The maximum Gasteiger partial charge on any atom is 0.308 e. The van der Waals surface area contributed by atoms with Gasteiger partial charge in [-0.2, -0.15) is 0 Å². The van der Waals surface area contributed by atoms with E-state index in [0.29, 0.717) is 18.2 Å². The molecule has 124 valence electrons. The Kier molecular flexibility index (Phi) is 5.92. The van der Waals surface area contributed by atoms with Gasteiger partial charge in [0.2, 0.25) is 5.91 Å². The number of amides is 1. The van der Waals surface area contributed by atoms with Crippen LogP contribution in [-0.4, -0.2) is 48.1 Å². The van der Waals surface area contributed by atoms with E-state index in [-0.39, 0.29) is 12.3 Å². The van der Waals surface area contributed by atoms with Crippen molar-refractivity contribution in [2.45, 2.75) is 25.8 Å². The number of carbonyl (C=O) groups excluding carboxylic acids is 2. The Morgan fingerprint density at radius 2 is 2.13 bits per heavy atom. The summed E-state index contributed by atoms with van der Waals surface area (Å²) in [5.74, 6) is -0.653. The molecule has 0 radical (unpaired) electrons. The summed E-state index contributed by atoms with van der Waals surface area (Å²) in [7, 11) is 1.30. The van der Waals surface area contributed by atoms with E-state index in [4.69, 9.17) is 12.2 Å². The molecule has 1 aliphatic heterocycles. The van der Waals surface area contributed by atoms with E-state index in [9.17, 15) is 9.59 Å². The fourth-order valence-electron chi connectivity index (χ4n) is 2.42. The van der Waals surface area contributed by atoms with Gasteiger partial charge in [0.25, 0.3) is 0 Å². The lowest BCUT2D eigenvalue weighted by atomic mass is 10.1. The number of rotatable bonds is 4. The van der Waals surface area contributed by atoms with Gasteiger partial charge in [-0.3, -0.25) is 9.59 Å². The molecule has 0 bridgehead atoms. The maximum absolute atomic E-state index is 12.0. The van der Waals surface area contributed by atoms with Crippen LogP contribution in [0.2, 0.25) is 0 Å². The first-order valence-corrected chi connectivity index (χ1v) is 7.97. The number of hydrogen-bond acceptors (Lipinski definition) is 4. The first-order chi connectivity index (χ1) is 11.0. The number of carbonyl (C=O) groups is 2. The Balaban J connectivity index is 2.07. The molecule has 2 rings (SSSR count).